The fraction of sp³-hybridized carbons (Fsp3) is 0.273. The van der Waals surface area contributed by atoms with E-state index in [0.717, 1.165) is 43.4 Å². The fourth-order valence-electron chi connectivity index (χ4n) is 2.89. The third-order valence-corrected chi connectivity index (χ3v) is 4.32. The van der Waals surface area contributed by atoms with E-state index >= 15 is 0 Å². The number of nitrogens with one attached hydrogen (secondary N) is 2. The van der Waals surface area contributed by atoms with E-state index in [-0.39, 0.29) is 5.82 Å². The number of aromatic nitrogens is 2. The minimum Gasteiger partial charge on any atom is -0.357 e. The first-order valence-electron chi connectivity index (χ1n) is 9.55. The Morgan fingerprint density at radius 1 is 1.04 bits per heavy atom. The van der Waals surface area contributed by atoms with E-state index in [2.05, 4.69) is 37.3 Å². The van der Waals surface area contributed by atoms with Crippen molar-refractivity contribution in [3.63, 3.8) is 0 Å². The molecule has 0 saturated carbocycles. The molecule has 0 unspecified atom stereocenters. The van der Waals surface area contributed by atoms with Gasteiger partial charge in [-0.05, 0) is 30.2 Å². The molecule has 5 nitrogen and oxygen atoms in total. The van der Waals surface area contributed by atoms with Crippen molar-refractivity contribution >= 4 is 5.96 Å². The van der Waals surface area contributed by atoms with Crippen LogP contribution in [0, 0.1) is 5.82 Å². The molecule has 0 spiro atoms. The van der Waals surface area contributed by atoms with E-state index in [0.29, 0.717) is 6.54 Å². The van der Waals surface area contributed by atoms with Crippen molar-refractivity contribution in [1.82, 2.24) is 20.2 Å². The molecule has 0 aliphatic rings. The van der Waals surface area contributed by atoms with E-state index in [4.69, 9.17) is 0 Å². The Bertz CT molecular complexity index is 871. The molecule has 146 valence electrons. The number of hydrogen-bond acceptors (Lipinski definition) is 2. The topological polar surface area (TPSA) is 54.2 Å². The zero-order valence-corrected chi connectivity index (χ0v) is 16.1. The van der Waals surface area contributed by atoms with Crippen molar-refractivity contribution in [2.45, 2.75) is 26.4 Å². The second-order valence-electron chi connectivity index (χ2n) is 6.46. The SMILES string of the molecule is CCNC(=NCc1ccc(F)cc1)NCCc1nccn1Cc1ccccc1. The molecule has 3 rings (SSSR count). The maximum atomic E-state index is 13.0. The summed E-state index contributed by atoms with van der Waals surface area (Å²) in [5, 5.41) is 6.58. The average Bonchev–Trinajstić information content (AvgIpc) is 3.15. The summed E-state index contributed by atoms with van der Waals surface area (Å²) in [6, 6.07) is 16.8. The molecular formula is C22H26FN5. The highest BCUT2D eigenvalue weighted by Crippen LogP contribution is 2.06. The summed E-state index contributed by atoms with van der Waals surface area (Å²) in [6.07, 6.45) is 4.64. The summed E-state index contributed by atoms with van der Waals surface area (Å²) < 4.78 is 15.2. The van der Waals surface area contributed by atoms with Gasteiger partial charge in [0.1, 0.15) is 11.6 Å². The number of halogens is 1. The molecule has 0 fully saturated rings. The van der Waals surface area contributed by atoms with E-state index < -0.39 is 0 Å². The summed E-state index contributed by atoms with van der Waals surface area (Å²) in [7, 11) is 0. The van der Waals surface area contributed by atoms with Gasteiger partial charge < -0.3 is 15.2 Å². The van der Waals surface area contributed by atoms with Crippen LogP contribution in [0.3, 0.4) is 0 Å². The van der Waals surface area contributed by atoms with Gasteiger partial charge in [-0.1, -0.05) is 42.5 Å². The van der Waals surface area contributed by atoms with Crippen molar-refractivity contribution in [2.75, 3.05) is 13.1 Å². The lowest BCUT2D eigenvalue weighted by molar-refractivity contribution is 0.627. The Labute approximate surface area is 165 Å². The first-order valence-corrected chi connectivity index (χ1v) is 9.55. The Balaban J connectivity index is 1.54. The Morgan fingerprint density at radius 3 is 2.57 bits per heavy atom. The van der Waals surface area contributed by atoms with Crippen molar-refractivity contribution in [2.24, 2.45) is 4.99 Å². The lowest BCUT2D eigenvalue weighted by atomic mass is 10.2. The van der Waals surface area contributed by atoms with E-state index in [9.17, 15) is 4.39 Å². The normalized spacial score (nSPS) is 11.4. The molecule has 28 heavy (non-hydrogen) atoms. The number of rotatable bonds is 8. The Hall–Kier alpha value is -3.15. The standard InChI is InChI=1S/C22H26FN5/c1-2-24-22(27-16-18-8-10-20(23)11-9-18)26-13-12-21-25-14-15-28(21)17-19-6-4-3-5-7-19/h3-11,14-15H,2,12-13,16-17H2,1H3,(H2,24,26,27). The summed E-state index contributed by atoms with van der Waals surface area (Å²) in [5.74, 6) is 1.54. The maximum Gasteiger partial charge on any atom is 0.191 e. The molecule has 1 heterocycles. The second-order valence-corrected chi connectivity index (χ2v) is 6.46. The Kier molecular flexibility index (Phi) is 7.18. The third kappa shape index (κ3) is 5.94. The fourth-order valence-corrected chi connectivity index (χ4v) is 2.89. The zero-order valence-electron chi connectivity index (χ0n) is 16.1. The van der Waals surface area contributed by atoms with Gasteiger partial charge in [-0.3, -0.25) is 0 Å². The molecule has 0 atom stereocenters. The summed E-state index contributed by atoms with van der Waals surface area (Å²) in [4.78, 5) is 9.05. The predicted molar refractivity (Wildman–Crippen MR) is 111 cm³/mol. The number of benzene rings is 2. The van der Waals surface area contributed by atoms with Gasteiger partial charge in [0.2, 0.25) is 0 Å². The quantitative estimate of drug-likeness (QED) is 0.466. The van der Waals surface area contributed by atoms with Crippen LogP contribution in [0.1, 0.15) is 23.9 Å². The first kappa shape index (κ1) is 19.6. The number of aliphatic imine (C=N–C) groups is 1. The van der Waals surface area contributed by atoms with E-state index in [1.54, 1.807) is 12.1 Å². The van der Waals surface area contributed by atoms with Crippen LogP contribution < -0.4 is 10.6 Å². The summed E-state index contributed by atoms with van der Waals surface area (Å²) in [6.45, 7) is 4.84. The summed E-state index contributed by atoms with van der Waals surface area (Å²) >= 11 is 0. The number of hydrogen-bond donors (Lipinski definition) is 2. The molecule has 0 amide bonds. The lowest BCUT2D eigenvalue weighted by Crippen LogP contribution is -2.38. The van der Waals surface area contributed by atoms with Crippen molar-refractivity contribution in [3.8, 4) is 0 Å². The molecule has 2 N–H and O–H groups in total. The van der Waals surface area contributed by atoms with Gasteiger partial charge in [0.15, 0.2) is 5.96 Å². The molecule has 0 aliphatic heterocycles. The largest absolute Gasteiger partial charge is 0.357 e. The smallest absolute Gasteiger partial charge is 0.191 e. The van der Waals surface area contributed by atoms with Crippen LogP contribution in [0.4, 0.5) is 4.39 Å². The molecular weight excluding hydrogens is 353 g/mol. The van der Waals surface area contributed by atoms with Crippen LogP contribution in [-0.4, -0.2) is 28.6 Å². The number of guanidine groups is 1. The van der Waals surface area contributed by atoms with E-state index in [1.807, 2.05) is 37.5 Å². The number of nitrogens with zero attached hydrogens (tertiary/aromatic N) is 3. The van der Waals surface area contributed by atoms with Crippen LogP contribution in [0.25, 0.3) is 0 Å². The zero-order chi connectivity index (χ0) is 19.6. The van der Waals surface area contributed by atoms with Gasteiger partial charge in [-0.25, -0.2) is 14.4 Å². The van der Waals surface area contributed by atoms with Gasteiger partial charge in [0, 0.05) is 38.4 Å². The van der Waals surface area contributed by atoms with Crippen molar-refractivity contribution in [3.05, 3.63) is 89.8 Å². The first-order chi connectivity index (χ1) is 13.7. The number of imidazole rings is 1. The van der Waals surface area contributed by atoms with Crippen LogP contribution in [0.15, 0.2) is 72.0 Å². The van der Waals surface area contributed by atoms with Crippen LogP contribution in [0.2, 0.25) is 0 Å². The predicted octanol–water partition coefficient (Wildman–Crippen LogP) is 3.37. The third-order valence-electron chi connectivity index (χ3n) is 4.32. The molecule has 0 bridgehead atoms. The molecule has 0 aliphatic carbocycles. The van der Waals surface area contributed by atoms with Gasteiger partial charge in [0.25, 0.3) is 0 Å². The van der Waals surface area contributed by atoms with E-state index in [1.165, 1.54) is 17.7 Å². The minimum absolute atomic E-state index is 0.233. The van der Waals surface area contributed by atoms with Crippen LogP contribution in [0.5, 0.6) is 0 Å². The molecule has 1 aromatic heterocycles. The van der Waals surface area contributed by atoms with Crippen molar-refractivity contribution < 1.29 is 4.39 Å². The maximum absolute atomic E-state index is 13.0. The Morgan fingerprint density at radius 2 is 1.82 bits per heavy atom. The van der Waals surface area contributed by atoms with Gasteiger partial charge in [-0.2, -0.15) is 0 Å². The van der Waals surface area contributed by atoms with Crippen LogP contribution >= 0.6 is 0 Å². The van der Waals surface area contributed by atoms with Gasteiger partial charge >= 0.3 is 0 Å². The molecule has 3 aromatic rings. The highest BCUT2D eigenvalue weighted by Gasteiger charge is 2.05. The molecule has 0 radical (unpaired) electrons. The minimum atomic E-state index is -0.233. The molecule has 6 heteroatoms. The molecule has 0 saturated heterocycles. The second kappa shape index (κ2) is 10.3. The molecule has 2 aromatic carbocycles. The lowest BCUT2D eigenvalue weighted by Gasteiger charge is -2.12. The average molecular weight is 379 g/mol. The van der Waals surface area contributed by atoms with Crippen LogP contribution in [-0.2, 0) is 19.5 Å². The summed E-state index contributed by atoms with van der Waals surface area (Å²) in [5.41, 5.74) is 2.22. The highest BCUT2D eigenvalue weighted by atomic mass is 19.1. The van der Waals surface area contributed by atoms with Gasteiger partial charge in [-0.15, -0.1) is 0 Å². The van der Waals surface area contributed by atoms with Gasteiger partial charge in [0.05, 0.1) is 6.54 Å². The monoisotopic (exact) mass is 379 g/mol. The van der Waals surface area contributed by atoms with Crippen molar-refractivity contribution in [1.29, 1.82) is 0 Å². The highest BCUT2D eigenvalue weighted by molar-refractivity contribution is 5.79.